The first kappa shape index (κ1) is 17.1. The minimum Gasteiger partial charge on any atom is -0.341 e. The highest BCUT2D eigenvalue weighted by Gasteiger charge is 2.28. The lowest BCUT2D eigenvalue weighted by atomic mass is 10.0. The zero-order valence-corrected chi connectivity index (χ0v) is 15.2. The molecule has 3 rings (SSSR count). The molecule has 0 radical (unpaired) electrons. The number of nitrogens with zero attached hydrogens (tertiary/aromatic N) is 2. The highest BCUT2D eigenvalue weighted by atomic mass is 32.1. The van der Waals surface area contributed by atoms with E-state index in [0.717, 1.165) is 36.5 Å². The average Bonchev–Trinajstić information content (AvgIpc) is 3.07. The highest BCUT2D eigenvalue weighted by molar-refractivity contribution is 7.11. The van der Waals surface area contributed by atoms with E-state index < -0.39 is 0 Å². The molecule has 1 saturated heterocycles. The van der Waals surface area contributed by atoms with Crippen molar-refractivity contribution >= 4 is 17.2 Å². The van der Waals surface area contributed by atoms with Gasteiger partial charge in [-0.05, 0) is 38.7 Å². The molecule has 5 heteroatoms. The zero-order valence-electron chi connectivity index (χ0n) is 14.4. The van der Waals surface area contributed by atoms with Crippen molar-refractivity contribution in [3.63, 3.8) is 0 Å². The summed E-state index contributed by atoms with van der Waals surface area (Å²) in [5.74, 6) is 0.189. The molecule has 2 atom stereocenters. The number of hydrogen-bond donors (Lipinski definition) is 1. The molecule has 0 bridgehead atoms. The van der Waals surface area contributed by atoms with Crippen LogP contribution >= 0.6 is 11.3 Å². The van der Waals surface area contributed by atoms with Gasteiger partial charge in [-0.25, -0.2) is 4.98 Å². The van der Waals surface area contributed by atoms with Crippen molar-refractivity contribution in [3.05, 3.63) is 52.0 Å². The number of carbonyl (C=O) groups is 1. The lowest BCUT2D eigenvalue weighted by Gasteiger charge is -2.32. The Labute approximate surface area is 147 Å². The van der Waals surface area contributed by atoms with Crippen LogP contribution in [0.15, 0.2) is 36.5 Å². The smallest absolute Gasteiger partial charge is 0.244 e. The van der Waals surface area contributed by atoms with Crippen LogP contribution in [0.4, 0.5) is 0 Å². The third-order valence-corrected chi connectivity index (χ3v) is 5.63. The van der Waals surface area contributed by atoms with Gasteiger partial charge in [0.15, 0.2) is 0 Å². The summed E-state index contributed by atoms with van der Waals surface area (Å²) in [6, 6.07) is 9.83. The van der Waals surface area contributed by atoms with Crippen LogP contribution in [0, 0.1) is 6.92 Å². The van der Waals surface area contributed by atoms with Crippen LogP contribution in [0.1, 0.15) is 53.7 Å². The van der Waals surface area contributed by atoms with Crippen molar-refractivity contribution in [2.75, 3.05) is 13.1 Å². The molecule has 0 spiro atoms. The van der Waals surface area contributed by atoms with Crippen LogP contribution in [0.2, 0.25) is 0 Å². The summed E-state index contributed by atoms with van der Waals surface area (Å²) < 4.78 is 0. The van der Waals surface area contributed by atoms with Crippen molar-refractivity contribution in [2.45, 2.75) is 45.2 Å². The van der Waals surface area contributed by atoms with Gasteiger partial charge in [-0.1, -0.05) is 30.3 Å². The highest BCUT2D eigenvalue weighted by Crippen LogP contribution is 2.26. The standard InChI is InChI=1S/C19H25N3OS/c1-14(17-13-20-15(2)24-17)21-18(16-9-5-3-6-10-16)19(23)22-11-7-4-8-12-22/h3,5-6,9-10,13-14,18,21H,4,7-8,11-12H2,1-2H3/t14-,18+/m1/s1. The molecule has 1 fully saturated rings. The summed E-state index contributed by atoms with van der Waals surface area (Å²) in [5, 5.41) is 4.59. The monoisotopic (exact) mass is 343 g/mol. The maximum atomic E-state index is 13.1. The van der Waals surface area contributed by atoms with E-state index in [1.165, 1.54) is 11.3 Å². The van der Waals surface area contributed by atoms with E-state index in [1.807, 2.05) is 48.4 Å². The third-order valence-electron chi connectivity index (χ3n) is 4.53. The maximum Gasteiger partial charge on any atom is 0.244 e. The van der Waals surface area contributed by atoms with Gasteiger partial charge >= 0.3 is 0 Å². The molecule has 0 aliphatic carbocycles. The van der Waals surface area contributed by atoms with Crippen LogP contribution < -0.4 is 5.32 Å². The normalized spacial score (nSPS) is 17.5. The SMILES string of the molecule is Cc1ncc([C@@H](C)N[C@H](C(=O)N2CCCCC2)c2ccccc2)s1. The summed E-state index contributed by atoms with van der Waals surface area (Å²) in [5.41, 5.74) is 1.03. The van der Waals surface area contributed by atoms with Gasteiger partial charge < -0.3 is 4.90 Å². The van der Waals surface area contributed by atoms with E-state index in [2.05, 4.69) is 17.2 Å². The van der Waals surface area contributed by atoms with Crippen LogP contribution in [0.5, 0.6) is 0 Å². The summed E-state index contributed by atoms with van der Waals surface area (Å²) in [6.07, 6.45) is 5.35. The number of piperidine rings is 1. The number of benzene rings is 1. The number of carbonyl (C=O) groups excluding carboxylic acids is 1. The number of rotatable bonds is 5. The van der Waals surface area contributed by atoms with Gasteiger partial charge in [-0.3, -0.25) is 10.1 Å². The summed E-state index contributed by atoms with van der Waals surface area (Å²) in [7, 11) is 0. The van der Waals surface area contributed by atoms with E-state index in [0.29, 0.717) is 0 Å². The van der Waals surface area contributed by atoms with Gasteiger partial charge in [-0.2, -0.15) is 0 Å². The van der Waals surface area contributed by atoms with Crippen molar-refractivity contribution in [1.82, 2.24) is 15.2 Å². The van der Waals surface area contributed by atoms with Crippen molar-refractivity contribution in [3.8, 4) is 0 Å². The lowest BCUT2D eigenvalue weighted by Crippen LogP contribution is -2.43. The average molecular weight is 343 g/mol. The first-order chi connectivity index (χ1) is 11.6. The minimum absolute atomic E-state index is 0.0927. The first-order valence-electron chi connectivity index (χ1n) is 8.67. The fourth-order valence-electron chi connectivity index (χ4n) is 3.16. The molecule has 1 N–H and O–H groups in total. The Hall–Kier alpha value is -1.72. The zero-order chi connectivity index (χ0) is 16.9. The molecule has 128 valence electrons. The molecule has 4 nitrogen and oxygen atoms in total. The van der Waals surface area contributed by atoms with Gasteiger partial charge in [0.1, 0.15) is 6.04 Å². The second kappa shape index (κ2) is 7.90. The molecular formula is C19H25N3OS. The number of nitrogens with one attached hydrogen (secondary N) is 1. The number of amides is 1. The number of hydrogen-bond acceptors (Lipinski definition) is 4. The largest absolute Gasteiger partial charge is 0.341 e. The first-order valence-corrected chi connectivity index (χ1v) is 9.49. The third kappa shape index (κ3) is 4.02. The van der Waals surface area contributed by atoms with Crippen molar-refractivity contribution in [2.24, 2.45) is 0 Å². The van der Waals surface area contributed by atoms with Crippen LogP contribution in [-0.2, 0) is 4.79 Å². The molecule has 1 aliphatic heterocycles. The van der Waals surface area contributed by atoms with Gasteiger partial charge in [0.05, 0.1) is 5.01 Å². The molecule has 24 heavy (non-hydrogen) atoms. The molecule has 1 amide bonds. The Morgan fingerprint density at radius 1 is 1.21 bits per heavy atom. The van der Waals surface area contributed by atoms with E-state index in [4.69, 9.17) is 0 Å². The molecule has 0 saturated carbocycles. The van der Waals surface area contributed by atoms with Crippen LogP contribution in [0.3, 0.4) is 0 Å². The van der Waals surface area contributed by atoms with Crippen molar-refractivity contribution in [1.29, 1.82) is 0 Å². The Kier molecular flexibility index (Phi) is 5.63. The Morgan fingerprint density at radius 3 is 2.54 bits per heavy atom. The molecule has 1 aliphatic rings. The molecule has 0 unspecified atom stereocenters. The van der Waals surface area contributed by atoms with E-state index in [9.17, 15) is 4.79 Å². The summed E-state index contributed by atoms with van der Waals surface area (Å²) in [4.78, 5) is 20.6. The Balaban J connectivity index is 1.80. The van der Waals surface area contributed by atoms with Gasteiger partial charge in [0, 0.05) is 30.2 Å². The number of likely N-dealkylation sites (tertiary alicyclic amines) is 1. The molecular weight excluding hydrogens is 318 g/mol. The molecule has 2 heterocycles. The van der Waals surface area contributed by atoms with E-state index >= 15 is 0 Å². The van der Waals surface area contributed by atoms with Crippen molar-refractivity contribution < 1.29 is 4.79 Å². The maximum absolute atomic E-state index is 13.1. The van der Waals surface area contributed by atoms with Crippen LogP contribution in [-0.4, -0.2) is 28.9 Å². The second-order valence-corrected chi connectivity index (χ2v) is 7.67. The number of aromatic nitrogens is 1. The molecule has 2 aromatic rings. The van der Waals surface area contributed by atoms with Gasteiger partial charge in [0.25, 0.3) is 0 Å². The summed E-state index contributed by atoms with van der Waals surface area (Å²) in [6.45, 7) is 5.86. The number of thiazole rings is 1. The van der Waals surface area contributed by atoms with E-state index in [-0.39, 0.29) is 18.0 Å². The van der Waals surface area contributed by atoms with E-state index in [1.54, 1.807) is 11.3 Å². The fourth-order valence-corrected chi connectivity index (χ4v) is 3.96. The quantitative estimate of drug-likeness (QED) is 0.897. The minimum atomic E-state index is -0.304. The predicted octanol–water partition coefficient (Wildman–Crippen LogP) is 3.86. The molecule has 1 aromatic carbocycles. The Morgan fingerprint density at radius 2 is 1.92 bits per heavy atom. The van der Waals surface area contributed by atoms with Gasteiger partial charge in [0.2, 0.25) is 5.91 Å². The van der Waals surface area contributed by atoms with Gasteiger partial charge in [-0.15, -0.1) is 11.3 Å². The lowest BCUT2D eigenvalue weighted by molar-refractivity contribution is -0.134. The Bertz CT molecular complexity index is 664. The second-order valence-electron chi connectivity index (χ2n) is 6.40. The topological polar surface area (TPSA) is 45.2 Å². The molecule has 1 aromatic heterocycles. The predicted molar refractivity (Wildman–Crippen MR) is 98.0 cm³/mol. The summed E-state index contributed by atoms with van der Waals surface area (Å²) >= 11 is 1.68. The number of aryl methyl sites for hydroxylation is 1. The fraction of sp³-hybridized carbons (Fsp3) is 0.474. The van der Waals surface area contributed by atoms with Crippen LogP contribution in [0.25, 0.3) is 0 Å².